The largest absolute Gasteiger partial charge is 0.346 e. The summed E-state index contributed by atoms with van der Waals surface area (Å²) in [6, 6.07) is 9.65. The van der Waals surface area contributed by atoms with Gasteiger partial charge in [0.15, 0.2) is 0 Å². The molecule has 0 atom stereocenters. The van der Waals surface area contributed by atoms with Crippen molar-refractivity contribution in [2.75, 3.05) is 32.7 Å². The van der Waals surface area contributed by atoms with Crippen molar-refractivity contribution in [2.24, 2.45) is 0 Å². The molecule has 3 rings (SSSR count). The van der Waals surface area contributed by atoms with E-state index in [1.165, 1.54) is 5.56 Å². The van der Waals surface area contributed by atoms with E-state index in [2.05, 4.69) is 35.6 Å². The highest BCUT2D eigenvalue weighted by Crippen LogP contribution is 2.21. The monoisotopic (exact) mass is 354 g/mol. The smallest absolute Gasteiger partial charge is 0.335 e. The highest BCUT2D eigenvalue weighted by Gasteiger charge is 2.22. The minimum Gasteiger partial charge on any atom is -0.335 e. The number of likely N-dealkylation sites (N-methyl/N-ethyl adjacent to an activating group) is 1. The molecule has 138 valence electrons. The second-order valence-corrected chi connectivity index (χ2v) is 6.99. The van der Waals surface area contributed by atoms with Crippen molar-refractivity contribution in [2.45, 2.75) is 26.7 Å². The zero-order valence-electron chi connectivity index (χ0n) is 15.7. The molecule has 1 aliphatic heterocycles. The maximum atomic E-state index is 12.8. The van der Waals surface area contributed by atoms with Crippen LogP contribution >= 0.6 is 0 Å². The van der Waals surface area contributed by atoms with Gasteiger partial charge in [-0.3, -0.25) is 4.79 Å². The number of hydrogen-bond donors (Lipinski definition) is 1. The minimum absolute atomic E-state index is 0.139. The second kappa shape index (κ2) is 7.83. The summed E-state index contributed by atoms with van der Waals surface area (Å²) < 4.78 is 0. The molecule has 1 aromatic carbocycles. The molecule has 2 heterocycles. The Kier molecular flexibility index (Phi) is 5.52. The van der Waals surface area contributed by atoms with Gasteiger partial charge in [-0.05, 0) is 24.1 Å². The van der Waals surface area contributed by atoms with Crippen LogP contribution in [0.25, 0.3) is 11.3 Å². The van der Waals surface area contributed by atoms with E-state index in [1.54, 1.807) is 11.0 Å². The molecule has 1 aromatic heterocycles. The summed E-state index contributed by atoms with van der Waals surface area (Å²) in [7, 11) is 0. The molecule has 0 spiro atoms. The third-order valence-corrected chi connectivity index (χ3v) is 4.95. The lowest BCUT2D eigenvalue weighted by Crippen LogP contribution is -2.48. The number of H-pyrrole nitrogens is 1. The number of aromatic nitrogens is 2. The number of rotatable bonds is 4. The van der Waals surface area contributed by atoms with Crippen molar-refractivity contribution in [3.05, 3.63) is 52.1 Å². The van der Waals surface area contributed by atoms with Crippen LogP contribution in [0.5, 0.6) is 0 Å². The van der Waals surface area contributed by atoms with E-state index in [4.69, 9.17) is 0 Å². The molecule has 6 heteroatoms. The molecule has 1 aliphatic rings. The molecule has 2 aromatic rings. The normalized spacial score (nSPS) is 15.5. The molecule has 0 radical (unpaired) electrons. The molecule has 0 saturated carbocycles. The maximum Gasteiger partial charge on any atom is 0.346 e. The number of benzene rings is 1. The summed E-state index contributed by atoms with van der Waals surface area (Å²) in [5.41, 5.74) is 2.40. The first-order valence-electron chi connectivity index (χ1n) is 9.21. The van der Waals surface area contributed by atoms with Crippen LogP contribution in [-0.2, 0) is 0 Å². The molecule has 0 bridgehead atoms. The fourth-order valence-corrected chi connectivity index (χ4v) is 3.20. The van der Waals surface area contributed by atoms with E-state index in [0.717, 1.165) is 25.2 Å². The van der Waals surface area contributed by atoms with Crippen molar-refractivity contribution in [1.82, 2.24) is 19.8 Å². The van der Waals surface area contributed by atoms with Crippen LogP contribution in [0.2, 0.25) is 0 Å². The number of nitrogens with one attached hydrogen (secondary N) is 1. The zero-order valence-corrected chi connectivity index (χ0v) is 15.7. The highest BCUT2D eigenvalue weighted by atomic mass is 16.2. The van der Waals surface area contributed by atoms with Gasteiger partial charge < -0.3 is 14.8 Å². The summed E-state index contributed by atoms with van der Waals surface area (Å²) in [5.74, 6) is 0.301. The number of carbonyl (C=O) groups excluding carboxylic acids is 1. The Morgan fingerprint density at radius 2 is 1.81 bits per heavy atom. The fraction of sp³-hybridized carbons (Fsp3) is 0.450. The van der Waals surface area contributed by atoms with Crippen molar-refractivity contribution < 1.29 is 4.79 Å². The van der Waals surface area contributed by atoms with Crippen LogP contribution in [0.4, 0.5) is 0 Å². The summed E-state index contributed by atoms with van der Waals surface area (Å²) >= 11 is 0. The van der Waals surface area contributed by atoms with E-state index in [0.29, 0.717) is 30.4 Å². The van der Waals surface area contributed by atoms with E-state index in [-0.39, 0.29) is 5.91 Å². The summed E-state index contributed by atoms with van der Waals surface area (Å²) in [6.45, 7) is 10.5. The molecular weight excluding hydrogens is 328 g/mol. The van der Waals surface area contributed by atoms with E-state index in [1.807, 2.05) is 24.3 Å². The van der Waals surface area contributed by atoms with Gasteiger partial charge in [-0.25, -0.2) is 4.79 Å². The van der Waals surface area contributed by atoms with Crippen LogP contribution in [-0.4, -0.2) is 58.4 Å². The van der Waals surface area contributed by atoms with Gasteiger partial charge >= 0.3 is 5.69 Å². The van der Waals surface area contributed by atoms with Crippen LogP contribution in [0, 0.1) is 0 Å². The molecule has 1 saturated heterocycles. The van der Waals surface area contributed by atoms with Gasteiger partial charge in [-0.2, -0.15) is 4.98 Å². The second-order valence-electron chi connectivity index (χ2n) is 6.99. The molecule has 6 nitrogen and oxygen atoms in total. The molecule has 0 unspecified atom stereocenters. The molecule has 1 amide bonds. The van der Waals surface area contributed by atoms with E-state index in [9.17, 15) is 9.59 Å². The van der Waals surface area contributed by atoms with Gasteiger partial charge in [0.05, 0.1) is 5.69 Å². The molecule has 1 N–H and O–H groups in total. The van der Waals surface area contributed by atoms with Crippen molar-refractivity contribution in [1.29, 1.82) is 0 Å². The Labute approximate surface area is 153 Å². The van der Waals surface area contributed by atoms with Crippen LogP contribution in [0.1, 0.15) is 42.7 Å². The lowest BCUT2D eigenvalue weighted by Gasteiger charge is -2.33. The first kappa shape index (κ1) is 18.3. The van der Waals surface area contributed by atoms with Crippen LogP contribution in [0.15, 0.2) is 35.1 Å². The minimum atomic E-state index is -0.494. The first-order valence-corrected chi connectivity index (χ1v) is 9.21. The number of carbonyl (C=O) groups is 1. The Balaban J connectivity index is 1.83. The average Bonchev–Trinajstić information content (AvgIpc) is 2.67. The van der Waals surface area contributed by atoms with Crippen molar-refractivity contribution in [3.8, 4) is 11.3 Å². The molecule has 26 heavy (non-hydrogen) atoms. The molecule has 0 aliphatic carbocycles. The van der Waals surface area contributed by atoms with Gasteiger partial charge in [-0.1, -0.05) is 45.0 Å². The zero-order chi connectivity index (χ0) is 18.7. The van der Waals surface area contributed by atoms with Gasteiger partial charge in [0, 0.05) is 31.7 Å². The Morgan fingerprint density at radius 3 is 2.38 bits per heavy atom. The third-order valence-electron chi connectivity index (χ3n) is 4.95. The fourth-order valence-electron chi connectivity index (χ4n) is 3.20. The number of amides is 1. The third kappa shape index (κ3) is 4.02. The predicted octanol–water partition coefficient (Wildman–Crippen LogP) is 2.34. The van der Waals surface area contributed by atoms with E-state index < -0.39 is 5.69 Å². The SMILES string of the molecule is CCN1CCN(C(=O)c2cc(-c3ccc(C(C)C)cc3)nc(=O)[nH]2)CC1. The Morgan fingerprint density at radius 1 is 1.15 bits per heavy atom. The maximum absolute atomic E-state index is 12.8. The van der Waals surface area contributed by atoms with Crippen LogP contribution < -0.4 is 5.69 Å². The van der Waals surface area contributed by atoms with Crippen molar-refractivity contribution in [3.63, 3.8) is 0 Å². The quantitative estimate of drug-likeness (QED) is 0.915. The van der Waals surface area contributed by atoms with Crippen LogP contribution in [0.3, 0.4) is 0 Å². The van der Waals surface area contributed by atoms with Gasteiger partial charge in [0.25, 0.3) is 5.91 Å². The summed E-state index contributed by atoms with van der Waals surface area (Å²) in [4.78, 5) is 35.5. The lowest BCUT2D eigenvalue weighted by molar-refractivity contribution is 0.0637. The van der Waals surface area contributed by atoms with Gasteiger partial charge in [0.1, 0.15) is 5.69 Å². The van der Waals surface area contributed by atoms with Crippen molar-refractivity contribution >= 4 is 5.91 Å². The van der Waals surface area contributed by atoms with Gasteiger partial charge in [0.2, 0.25) is 0 Å². The highest BCUT2D eigenvalue weighted by molar-refractivity contribution is 5.93. The first-order chi connectivity index (χ1) is 12.5. The number of piperazine rings is 1. The molecular formula is C20H26N4O2. The summed E-state index contributed by atoms with van der Waals surface area (Å²) in [6.07, 6.45) is 0. The standard InChI is InChI=1S/C20H26N4O2/c1-4-23-9-11-24(12-10-23)19(25)18-13-17(21-20(26)22-18)16-7-5-15(6-8-16)14(2)3/h5-8,13-14H,4,9-12H2,1-3H3,(H,21,22,26). The van der Waals surface area contributed by atoms with E-state index >= 15 is 0 Å². The van der Waals surface area contributed by atoms with Gasteiger partial charge in [-0.15, -0.1) is 0 Å². The average molecular weight is 354 g/mol. The Bertz CT molecular complexity index is 818. The number of nitrogens with zero attached hydrogens (tertiary/aromatic N) is 3. The number of hydrogen-bond acceptors (Lipinski definition) is 4. The lowest BCUT2D eigenvalue weighted by atomic mass is 10.0. The predicted molar refractivity (Wildman–Crippen MR) is 102 cm³/mol. The number of aromatic amines is 1. The molecule has 1 fully saturated rings. The topological polar surface area (TPSA) is 69.3 Å². The Hall–Kier alpha value is -2.47. The summed E-state index contributed by atoms with van der Waals surface area (Å²) in [5, 5.41) is 0.